The van der Waals surface area contributed by atoms with E-state index in [1.54, 1.807) is 6.33 Å². The third kappa shape index (κ3) is 5.95. The number of benzene rings is 1. The Morgan fingerprint density at radius 2 is 1.56 bits per heavy atom. The molecular weight excluding hydrogens is 451 g/mol. The second-order valence-electron chi connectivity index (χ2n) is 6.43. The van der Waals surface area contributed by atoms with Crippen molar-refractivity contribution in [1.29, 1.82) is 0 Å². The molecule has 0 saturated carbocycles. The van der Waals surface area contributed by atoms with Gasteiger partial charge in [0.05, 0.1) is 27.4 Å². The Morgan fingerprint density at radius 1 is 0.960 bits per heavy atom. The largest absolute Gasteiger partial charge is 0.489 e. The summed E-state index contributed by atoms with van der Waals surface area (Å²) in [6, 6.07) is 0. The number of halogens is 3. The molecule has 0 fully saturated rings. The number of imidazole rings is 1. The van der Waals surface area contributed by atoms with Gasteiger partial charge in [0.2, 0.25) is 0 Å². The quantitative estimate of drug-likeness (QED) is 0.253. The number of nitrogens with one attached hydrogen (secondary N) is 1. The molecule has 3 nitrogen and oxygen atoms in total. The number of fused-ring (bicyclic) bond motifs is 1. The van der Waals surface area contributed by atoms with E-state index in [1.807, 2.05) is 0 Å². The highest BCUT2D eigenvalue weighted by molar-refractivity contribution is 9.11. The normalized spacial score (nSPS) is 11.4. The third-order valence-corrected chi connectivity index (χ3v) is 5.88. The molecule has 2 aromatic rings. The van der Waals surface area contributed by atoms with Gasteiger partial charge in [-0.1, -0.05) is 64.7 Å². The highest BCUT2D eigenvalue weighted by atomic mass is 79.9. The van der Waals surface area contributed by atoms with Crippen molar-refractivity contribution in [3.8, 4) is 5.75 Å². The van der Waals surface area contributed by atoms with Gasteiger partial charge in [-0.15, -0.1) is 0 Å². The molecule has 140 valence electrons. The van der Waals surface area contributed by atoms with Crippen LogP contribution in [0.4, 0.5) is 4.39 Å². The number of hydrogen-bond acceptors (Lipinski definition) is 2. The Labute approximate surface area is 166 Å². The number of aromatic amines is 1. The second-order valence-corrected chi connectivity index (χ2v) is 8.01. The molecule has 2 rings (SSSR count). The van der Waals surface area contributed by atoms with Crippen molar-refractivity contribution in [3.05, 3.63) is 21.1 Å². The smallest absolute Gasteiger partial charge is 0.182 e. The molecule has 1 aromatic carbocycles. The van der Waals surface area contributed by atoms with Gasteiger partial charge in [-0.3, -0.25) is 0 Å². The first-order chi connectivity index (χ1) is 12.2. The number of aromatic nitrogens is 2. The van der Waals surface area contributed by atoms with Crippen molar-refractivity contribution in [2.45, 2.75) is 71.1 Å². The maximum atomic E-state index is 14.4. The Balaban J connectivity index is 1.66. The average Bonchev–Trinajstić information content (AvgIpc) is 3.10. The summed E-state index contributed by atoms with van der Waals surface area (Å²) < 4.78 is 21.0. The number of unbranched alkanes of at least 4 members (excludes halogenated alkanes) is 9. The Kier molecular flexibility index (Phi) is 9.24. The molecule has 1 aromatic heterocycles. The van der Waals surface area contributed by atoms with E-state index in [-0.39, 0.29) is 5.75 Å². The van der Waals surface area contributed by atoms with Crippen LogP contribution in [0, 0.1) is 5.82 Å². The van der Waals surface area contributed by atoms with Gasteiger partial charge in [-0.25, -0.2) is 9.37 Å². The third-order valence-electron chi connectivity index (χ3n) is 4.40. The van der Waals surface area contributed by atoms with Crippen molar-refractivity contribution in [1.82, 2.24) is 9.97 Å². The van der Waals surface area contributed by atoms with Gasteiger partial charge in [-0.05, 0) is 38.3 Å². The Hall–Kier alpha value is -0.620. The molecule has 0 radical (unpaired) electrons. The van der Waals surface area contributed by atoms with Gasteiger partial charge >= 0.3 is 0 Å². The van der Waals surface area contributed by atoms with Crippen molar-refractivity contribution in [2.75, 3.05) is 6.61 Å². The number of rotatable bonds is 12. The van der Waals surface area contributed by atoms with Crippen LogP contribution in [0.2, 0.25) is 0 Å². The molecule has 6 heteroatoms. The van der Waals surface area contributed by atoms with Crippen LogP contribution >= 0.6 is 31.9 Å². The van der Waals surface area contributed by atoms with Crippen LogP contribution in [0.5, 0.6) is 5.75 Å². The van der Waals surface area contributed by atoms with Crippen LogP contribution in [0.25, 0.3) is 11.0 Å². The molecule has 0 unspecified atom stereocenters. The van der Waals surface area contributed by atoms with Gasteiger partial charge in [0, 0.05) is 0 Å². The summed E-state index contributed by atoms with van der Waals surface area (Å²) in [6.45, 7) is 2.77. The van der Waals surface area contributed by atoms with Gasteiger partial charge in [-0.2, -0.15) is 0 Å². The Bertz CT molecular complexity index is 660. The highest BCUT2D eigenvalue weighted by Gasteiger charge is 2.19. The fourth-order valence-electron chi connectivity index (χ4n) is 2.93. The summed E-state index contributed by atoms with van der Waals surface area (Å²) in [5.41, 5.74) is 1.31. The fourth-order valence-corrected chi connectivity index (χ4v) is 4.00. The van der Waals surface area contributed by atoms with Gasteiger partial charge in [0.25, 0.3) is 0 Å². The lowest BCUT2D eigenvalue weighted by Crippen LogP contribution is -2.01. The van der Waals surface area contributed by atoms with E-state index >= 15 is 0 Å². The van der Waals surface area contributed by atoms with Crippen molar-refractivity contribution < 1.29 is 9.13 Å². The second kappa shape index (κ2) is 11.2. The summed E-state index contributed by atoms with van der Waals surface area (Å²) in [4.78, 5) is 7.13. The SMILES string of the molecule is CCCCCCCCCCCCOc1c(F)c(Br)c2[nH]cnc2c1Br. The van der Waals surface area contributed by atoms with Gasteiger partial charge in [0.15, 0.2) is 11.6 Å². The zero-order chi connectivity index (χ0) is 18.1. The molecule has 0 aliphatic heterocycles. The van der Waals surface area contributed by atoms with Crippen LogP contribution < -0.4 is 4.74 Å². The molecule has 1 N–H and O–H groups in total. The molecule has 0 spiro atoms. The standard InChI is InChI=1S/C19H27Br2FN2O/c1-2-3-4-5-6-7-8-9-10-11-12-25-19-15(21)18-17(23-13-24-18)14(20)16(19)22/h13H,2-12H2,1H3,(H,23,24). The van der Waals surface area contributed by atoms with Crippen LogP contribution in [-0.2, 0) is 0 Å². The summed E-state index contributed by atoms with van der Waals surface area (Å²) in [6.07, 6.45) is 14.2. The predicted molar refractivity (Wildman–Crippen MR) is 109 cm³/mol. The number of ether oxygens (including phenoxy) is 1. The average molecular weight is 478 g/mol. The number of H-pyrrole nitrogens is 1. The maximum absolute atomic E-state index is 14.4. The first-order valence-corrected chi connectivity index (χ1v) is 10.9. The number of hydrogen-bond donors (Lipinski definition) is 1. The van der Waals surface area contributed by atoms with E-state index < -0.39 is 5.82 Å². The van der Waals surface area contributed by atoms with Crippen molar-refractivity contribution in [2.24, 2.45) is 0 Å². The van der Waals surface area contributed by atoms with Crippen LogP contribution in [0.3, 0.4) is 0 Å². The fraction of sp³-hybridized carbons (Fsp3) is 0.632. The van der Waals surface area contributed by atoms with Crippen molar-refractivity contribution >= 4 is 42.9 Å². The van der Waals surface area contributed by atoms with Crippen LogP contribution in [0.1, 0.15) is 71.1 Å². The molecule has 0 atom stereocenters. The van der Waals surface area contributed by atoms with E-state index in [9.17, 15) is 4.39 Å². The molecule has 1 heterocycles. The van der Waals surface area contributed by atoms with Crippen molar-refractivity contribution in [3.63, 3.8) is 0 Å². The summed E-state index contributed by atoms with van der Waals surface area (Å²) in [5, 5.41) is 0. The first kappa shape index (κ1) is 20.7. The maximum Gasteiger partial charge on any atom is 0.182 e. The highest BCUT2D eigenvalue weighted by Crippen LogP contribution is 2.39. The van der Waals surface area contributed by atoms with E-state index in [0.717, 1.165) is 12.8 Å². The summed E-state index contributed by atoms with van der Waals surface area (Å²) in [5.74, 6) is -0.155. The zero-order valence-corrected chi connectivity index (χ0v) is 18.0. The van der Waals surface area contributed by atoms with E-state index in [4.69, 9.17) is 4.74 Å². The molecule has 0 aliphatic carbocycles. The zero-order valence-electron chi connectivity index (χ0n) is 14.8. The molecule has 0 aliphatic rings. The van der Waals surface area contributed by atoms with Gasteiger partial charge < -0.3 is 9.72 Å². The van der Waals surface area contributed by atoms with E-state index in [1.165, 1.54) is 51.4 Å². The minimum atomic E-state index is -0.393. The predicted octanol–water partition coefficient (Wildman–Crippen LogP) is 7.53. The molecule has 25 heavy (non-hydrogen) atoms. The summed E-state index contributed by atoms with van der Waals surface area (Å²) >= 11 is 6.68. The number of nitrogens with zero attached hydrogens (tertiary/aromatic N) is 1. The van der Waals surface area contributed by atoms with Crippen LogP contribution in [-0.4, -0.2) is 16.6 Å². The van der Waals surface area contributed by atoms with E-state index in [0.29, 0.717) is 26.6 Å². The van der Waals surface area contributed by atoms with Gasteiger partial charge in [0.1, 0.15) is 5.52 Å². The lowest BCUT2D eigenvalue weighted by atomic mass is 10.1. The molecule has 0 saturated heterocycles. The lowest BCUT2D eigenvalue weighted by Gasteiger charge is -2.11. The van der Waals surface area contributed by atoms with E-state index in [2.05, 4.69) is 48.8 Å². The first-order valence-electron chi connectivity index (χ1n) is 9.29. The van der Waals surface area contributed by atoms with Crippen LogP contribution in [0.15, 0.2) is 15.3 Å². The molecular formula is C19H27Br2FN2O. The minimum Gasteiger partial charge on any atom is -0.489 e. The minimum absolute atomic E-state index is 0.238. The monoisotopic (exact) mass is 476 g/mol. The topological polar surface area (TPSA) is 37.9 Å². The molecule has 0 amide bonds. The summed E-state index contributed by atoms with van der Waals surface area (Å²) in [7, 11) is 0. The lowest BCUT2D eigenvalue weighted by molar-refractivity contribution is 0.288. The molecule has 0 bridgehead atoms. The Morgan fingerprint density at radius 3 is 2.20 bits per heavy atom.